The Bertz CT molecular complexity index is 702. The summed E-state index contributed by atoms with van der Waals surface area (Å²) >= 11 is 0. The van der Waals surface area contributed by atoms with E-state index in [0.717, 1.165) is 0 Å². The summed E-state index contributed by atoms with van der Waals surface area (Å²) in [5.74, 6) is -0.747. The average molecular weight is 317 g/mol. The molecule has 0 aromatic heterocycles. The number of imide groups is 1. The number of fused-ring (bicyclic) bond motifs is 1. The molecule has 0 radical (unpaired) electrons. The molecule has 0 aliphatic carbocycles. The SMILES string of the molecule is CC(C)(C)OC(=O)N1CC(N2C(=O)c3cccc(N)c3C2=O)C1. The maximum atomic E-state index is 12.5. The molecule has 0 bridgehead atoms. The van der Waals surface area contributed by atoms with Crippen molar-refractivity contribution < 1.29 is 19.1 Å². The Morgan fingerprint density at radius 1 is 1.22 bits per heavy atom. The van der Waals surface area contributed by atoms with Crippen molar-refractivity contribution in [2.24, 2.45) is 0 Å². The van der Waals surface area contributed by atoms with Crippen LogP contribution < -0.4 is 5.73 Å². The number of nitrogens with zero attached hydrogens (tertiary/aromatic N) is 2. The van der Waals surface area contributed by atoms with Gasteiger partial charge in [-0.25, -0.2) is 4.79 Å². The van der Waals surface area contributed by atoms with Crippen molar-refractivity contribution in [3.8, 4) is 0 Å². The number of carbonyl (C=O) groups is 3. The summed E-state index contributed by atoms with van der Waals surface area (Å²) in [5, 5.41) is 0. The molecule has 0 unspecified atom stereocenters. The van der Waals surface area contributed by atoms with Gasteiger partial charge in [0, 0.05) is 18.8 Å². The molecule has 0 spiro atoms. The van der Waals surface area contributed by atoms with E-state index in [-0.39, 0.29) is 30.6 Å². The van der Waals surface area contributed by atoms with Gasteiger partial charge < -0.3 is 15.4 Å². The van der Waals surface area contributed by atoms with Gasteiger partial charge in [0.15, 0.2) is 0 Å². The minimum Gasteiger partial charge on any atom is -0.444 e. The third kappa shape index (κ3) is 2.52. The van der Waals surface area contributed by atoms with Gasteiger partial charge in [0.25, 0.3) is 11.8 Å². The molecular weight excluding hydrogens is 298 g/mol. The van der Waals surface area contributed by atoms with E-state index >= 15 is 0 Å². The zero-order valence-corrected chi connectivity index (χ0v) is 13.3. The van der Waals surface area contributed by atoms with Crippen molar-refractivity contribution >= 4 is 23.6 Å². The lowest BCUT2D eigenvalue weighted by atomic mass is 10.1. The van der Waals surface area contributed by atoms with Gasteiger partial charge in [-0.3, -0.25) is 14.5 Å². The van der Waals surface area contributed by atoms with Crippen molar-refractivity contribution in [2.45, 2.75) is 32.4 Å². The molecule has 1 fully saturated rings. The third-order valence-corrected chi connectivity index (χ3v) is 3.86. The predicted octanol–water partition coefficient (Wildman–Crippen LogP) is 1.48. The lowest BCUT2D eigenvalue weighted by molar-refractivity contribution is -0.00969. The lowest BCUT2D eigenvalue weighted by Gasteiger charge is -2.42. The van der Waals surface area contributed by atoms with Crippen LogP contribution in [0.2, 0.25) is 0 Å². The number of likely N-dealkylation sites (tertiary alicyclic amines) is 1. The third-order valence-electron chi connectivity index (χ3n) is 3.86. The molecule has 1 aromatic rings. The normalized spacial score (nSPS) is 18.0. The van der Waals surface area contributed by atoms with Crippen LogP contribution >= 0.6 is 0 Å². The number of hydrogen-bond donors (Lipinski definition) is 1. The fourth-order valence-corrected chi connectivity index (χ4v) is 2.76. The number of nitrogens with two attached hydrogens (primary N) is 1. The number of amides is 3. The monoisotopic (exact) mass is 317 g/mol. The van der Waals surface area contributed by atoms with E-state index in [2.05, 4.69) is 0 Å². The van der Waals surface area contributed by atoms with Crippen LogP contribution in [0.25, 0.3) is 0 Å². The molecule has 7 heteroatoms. The number of nitrogen functional groups attached to an aromatic ring is 1. The van der Waals surface area contributed by atoms with Gasteiger partial charge in [-0.15, -0.1) is 0 Å². The average Bonchev–Trinajstić information content (AvgIpc) is 2.61. The van der Waals surface area contributed by atoms with Gasteiger partial charge in [-0.1, -0.05) is 6.07 Å². The first-order valence-electron chi connectivity index (χ1n) is 7.43. The molecule has 2 aliphatic rings. The summed E-state index contributed by atoms with van der Waals surface area (Å²) in [5.41, 5.74) is 6.11. The fourth-order valence-electron chi connectivity index (χ4n) is 2.76. The first-order chi connectivity index (χ1) is 10.7. The second-order valence-electron chi connectivity index (χ2n) is 6.79. The molecule has 2 heterocycles. The Balaban J connectivity index is 1.70. The topological polar surface area (TPSA) is 92.9 Å². The maximum Gasteiger partial charge on any atom is 0.410 e. The molecule has 122 valence electrons. The van der Waals surface area contributed by atoms with Crippen LogP contribution in [-0.2, 0) is 4.74 Å². The molecule has 2 N–H and O–H groups in total. The molecule has 0 atom stereocenters. The second kappa shape index (κ2) is 4.97. The van der Waals surface area contributed by atoms with Crippen LogP contribution in [0.5, 0.6) is 0 Å². The summed E-state index contributed by atoms with van der Waals surface area (Å²) in [6.45, 7) is 5.92. The van der Waals surface area contributed by atoms with Crippen molar-refractivity contribution in [3.63, 3.8) is 0 Å². The van der Waals surface area contributed by atoms with E-state index in [4.69, 9.17) is 10.5 Å². The Morgan fingerprint density at radius 2 is 1.87 bits per heavy atom. The number of hydrogen-bond acceptors (Lipinski definition) is 5. The molecule has 3 rings (SSSR count). The van der Waals surface area contributed by atoms with Crippen LogP contribution in [0, 0.1) is 0 Å². The number of benzene rings is 1. The zero-order valence-electron chi connectivity index (χ0n) is 13.3. The molecular formula is C16H19N3O4. The highest BCUT2D eigenvalue weighted by molar-refractivity contribution is 6.23. The number of anilines is 1. The summed E-state index contributed by atoms with van der Waals surface area (Å²) in [6, 6.07) is 4.50. The minimum atomic E-state index is -0.577. The minimum absolute atomic E-state index is 0.258. The van der Waals surface area contributed by atoms with E-state index < -0.39 is 17.6 Å². The van der Waals surface area contributed by atoms with Crippen LogP contribution in [0.1, 0.15) is 41.5 Å². The second-order valence-corrected chi connectivity index (χ2v) is 6.79. The Labute approximate surface area is 134 Å². The van der Waals surface area contributed by atoms with Gasteiger partial charge in [0.1, 0.15) is 5.60 Å². The summed E-state index contributed by atoms with van der Waals surface area (Å²) in [4.78, 5) is 39.5. The standard InChI is InChI=1S/C16H19N3O4/c1-16(2,3)23-15(22)18-7-9(8-18)19-13(20)10-5-4-6-11(17)12(10)14(19)21/h4-6,9H,7-8,17H2,1-3H3. The van der Waals surface area contributed by atoms with Crippen LogP contribution in [0.3, 0.4) is 0 Å². The van der Waals surface area contributed by atoms with Crippen LogP contribution in [0.15, 0.2) is 18.2 Å². The molecule has 7 nitrogen and oxygen atoms in total. The Morgan fingerprint density at radius 3 is 2.43 bits per heavy atom. The highest BCUT2D eigenvalue weighted by atomic mass is 16.6. The Kier molecular flexibility index (Phi) is 3.31. The largest absolute Gasteiger partial charge is 0.444 e. The van der Waals surface area contributed by atoms with Crippen molar-refractivity contribution in [1.29, 1.82) is 0 Å². The van der Waals surface area contributed by atoms with Crippen molar-refractivity contribution in [2.75, 3.05) is 18.8 Å². The van der Waals surface area contributed by atoms with E-state index in [1.54, 1.807) is 39.0 Å². The fraction of sp³-hybridized carbons (Fsp3) is 0.438. The van der Waals surface area contributed by atoms with Crippen LogP contribution in [-0.4, -0.2) is 52.4 Å². The van der Waals surface area contributed by atoms with Gasteiger partial charge in [-0.2, -0.15) is 0 Å². The maximum absolute atomic E-state index is 12.5. The highest BCUT2D eigenvalue weighted by Crippen LogP contribution is 2.31. The van der Waals surface area contributed by atoms with Crippen molar-refractivity contribution in [1.82, 2.24) is 9.80 Å². The van der Waals surface area contributed by atoms with Gasteiger partial charge in [0.05, 0.1) is 17.2 Å². The van der Waals surface area contributed by atoms with Gasteiger partial charge >= 0.3 is 6.09 Å². The lowest BCUT2D eigenvalue weighted by Crippen LogP contribution is -2.62. The van der Waals surface area contributed by atoms with Crippen molar-refractivity contribution in [3.05, 3.63) is 29.3 Å². The number of carbonyl (C=O) groups excluding carboxylic acids is 3. The quantitative estimate of drug-likeness (QED) is 0.625. The van der Waals surface area contributed by atoms with Gasteiger partial charge in [-0.05, 0) is 32.9 Å². The smallest absolute Gasteiger partial charge is 0.410 e. The molecule has 23 heavy (non-hydrogen) atoms. The zero-order chi connectivity index (χ0) is 16.9. The summed E-state index contributed by atoms with van der Waals surface area (Å²) < 4.78 is 5.27. The van der Waals surface area contributed by atoms with E-state index in [9.17, 15) is 14.4 Å². The summed E-state index contributed by atoms with van der Waals surface area (Å²) in [6.07, 6.45) is -0.440. The number of rotatable bonds is 1. The molecule has 1 aromatic carbocycles. The van der Waals surface area contributed by atoms with Crippen LogP contribution in [0.4, 0.5) is 10.5 Å². The molecule has 3 amide bonds. The molecule has 1 saturated heterocycles. The van der Waals surface area contributed by atoms with Gasteiger partial charge in [0.2, 0.25) is 0 Å². The van der Waals surface area contributed by atoms with E-state index in [0.29, 0.717) is 11.3 Å². The Hall–Kier alpha value is -2.57. The first-order valence-corrected chi connectivity index (χ1v) is 7.43. The molecule has 2 aliphatic heterocycles. The first kappa shape index (κ1) is 15.3. The summed E-state index contributed by atoms with van der Waals surface area (Å²) in [7, 11) is 0. The predicted molar refractivity (Wildman–Crippen MR) is 82.9 cm³/mol. The van der Waals surface area contributed by atoms with E-state index in [1.165, 1.54) is 9.80 Å². The highest BCUT2D eigenvalue weighted by Gasteiger charge is 2.47. The molecule has 0 saturated carbocycles. The van der Waals surface area contributed by atoms with E-state index in [1.807, 2.05) is 0 Å². The number of ether oxygens (including phenoxy) is 1.